The van der Waals surface area contributed by atoms with Crippen molar-refractivity contribution >= 4 is 23.3 Å². The van der Waals surface area contributed by atoms with Gasteiger partial charge in [0.05, 0.1) is 11.6 Å². The molecular formula is C17H21N5O2. The molecule has 1 aliphatic rings. The number of hydrogen-bond acceptors (Lipinski definition) is 4. The molecule has 0 unspecified atom stereocenters. The lowest BCUT2D eigenvalue weighted by Gasteiger charge is -2.16. The van der Waals surface area contributed by atoms with Crippen LogP contribution in [0.5, 0.6) is 0 Å². The van der Waals surface area contributed by atoms with E-state index in [0.29, 0.717) is 17.9 Å². The standard InChI is InChI=1S/C17H21N5O2/c1-11-8-22(15-5-3-4-6-19-15)10-13(11)17(24)20-12-7-14(16(18)23)21(2)9-12/h3-7,9,11,13H,8,10H2,1-2H3,(H2,18,23)(H,20,24)/t11-,13-/m1/s1. The van der Waals surface area contributed by atoms with Crippen LogP contribution >= 0.6 is 0 Å². The maximum atomic E-state index is 12.6. The Balaban J connectivity index is 1.69. The molecule has 7 nitrogen and oxygen atoms in total. The summed E-state index contributed by atoms with van der Waals surface area (Å²) < 4.78 is 1.61. The number of nitrogens with zero attached hydrogens (tertiary/aromatic N) is 3. The smallest absolute Gasteiger partial charge is 0.265 e. The van der Waals surface area contributed by atoms with E-state index in [1.54, 1.807) is 30.1 Å². The number of carbonyl (C=O) groups excluding carboxylic acids is 2. The third kappa shape index (κ3) is 3.10. The third-order valence-electron chi connectivity index (χ3n) is 4.45. The van der Waals surface area contributed by atoms with Crippen LogP contribution < -0.4 is 16.0 Å². The second-order valence-corrected chi connectivity index (χ2v) is 6.26. The lowest BCUT2D eigenvalue weighted by molar-refractivity contribution is -0.120. The fraction of sp³-hybridized carbons (Fsp3) is 0.353. The Morgan fingerprint density at radius 1 is 1.33 bits per heavy atom. The quantitative estimate of drug-likeness (QED) is 0.883. The van der Waals surface area contributed by atoms with E-state index >= 15 is 0 Å². The Bertz CT molecular complexity index is 756. The summed E-state index contributed by atoms with van der Waals surface area (Å²) in [5.74, 6) is 0.391. The fourth-order valence-corrected chi connectivity index (χ4v) is 3.15. The predicted molar refractivity (Wildman–Crippen MR) is 91.7 cm³/mol. The number of anilines is 2. The zero-order valence-electron chi connectivity index (χ0n) is 13.8. The normalized spacial score (nSPS) is 20.2. The molecule has 3 heterocycles. The van der Waals surface area contributed by atoms with Crippen LogP contribution in [0.4, 0.5) is 11.5 Å². The summed E-state index contributed by atoms with van der Waals surface area (Å²) in [4.78, 5) is 30.4. The number of aryl methyl sites for hydroxylation is 1. The topological polar surface area (TPSA) is 93.2 Å². The molecule has 3 N–H and O–H groups in total. The molecule has 0 aliphatic carbocycles. The maximum Gasteiger partial charge on any atom is 0.265 e. The number of nitrogens with two attached hydrogens (primary N) is 1. The van der Waals surface area contributed by atoms with E-state index in [9.17, 15) is 9.59 Å². The average molecular weight is 327 g/mol. The van der Waals surface area contributed by atoms with Crippen molar-refractivity contribution in [3.05, 3.63) is 42.4 Å². The van der Waals surface area contributed by atoms with Gasteiger partial charge in [-0.1, -0.05) is 13.0 Å². The van der Waals surface area contributed by atoms with Gasteiger partial charge in [0.1, 0.15) is 11.5 Å². The van der Waals surface area contributed by atoms with Crippen molar-refractivity contribution in [3.8, 4) is 0 Å². The second kappa shape index (κ2) is 6.35. The molecule has 0 bridgehead atoms. The summed E-state index contributed by atoms with van der Waals surface area (Å²) in [6, 6.07) is 7.36. The molecule has 7 heteroatoms. The van der Waals surface area contributed by atoms with Crippen molar-refractivity contribution in [2.75, 3.05) is 23.3 Å². The number of carbonyl (C=O) groups is 2. The van der Waals surface area contributed by atoms with Crippen molar-refractivity contribution in [2.24, 2.45) is 24.6 Å². The van der Waals surface area contributed by atoms with Gasteiger partial charge in [0.15, 0.2) is 0 Å². The Hall–Kier alpha value is -2.83. The molecule has 0 spiro atoms. The number of aromatic nitrogens is 2. The first-order chi connectivity index (χ1) is 11.5. The van der Waals surface area contributed by atoms with Crippen molar-refractivity contribution in [3.63, 3.8) is 0 Å². The molecule has 2 atom stereocenters. The van der Waals surface area contributed by atoms with Gasteiger partial charge in [0.2, 0.25) is 5.91 Å². The zero-order valence-corrected chi connectivity index (χ0v) is 13.8. The van der Waals surface area contributed by atoms with Gasteiger partial charge in [-0.15, -0.1) is 0 Å². The highest BCUT2D eigenvalue weighted by Crippen LogP contribution is 2.28. The summed E-state index contributed by atoms with van der Waals surface area (Å²) in [5, 5.41) is 2.89. The number of primary amides is 1. The minimum atomic E-state index is -0.520. The molecular weight excluding hydrogens is 306 g/mol. The largest absolute Gasteiger partial charge is 0.364 e. The number of rotatable bonds is 4. The van der Waals surface area contributed by atoms with E-state index in [-0.39, 0.29) is 17.7 Å². The third-order valence-corrected chi connectivity index (χ3v) is 4.45. The lowest BCUT2D eigenvalue weighted by atomic mass is 9.97. The summed E-state index contributed by atoms with van der Waals surface area (Å²) in [6.45, 7) is 3.48. The molecule has 2 amide bonds. The minimum Gasteiger partial charge on any atom is -0.364 e. The van der Waals surface area contributed by atoms with Gasteiger partial charge in [-0.3, -0.25) is 9.59 Å². The first-order valence-electron chi connectivity index (χ1n) is 7.88. The van der Waals surface area contributed by atoms with E-state index in [1.807, 2.05) is 18.2 Å². The van der Waals surface area contributed by atoms with Gasteiger partial charge in [-0.05, 0) is 24.1 Å². The molecule has 1 aliphatic heterocycles. The van der Waals surface area contributed by atoms with Crippen molar-refractivity contribution < 1.29 is 9.59 Å². The minimum absolute atomic E-state index is 0.0532. The van der Waals surface area contributed by atoms with E-state index in [2.05, 4.69) is 22.1 Å². The number of pyridine rings is 1. The molecule has 126 valence electrons. The van der Waals surface area contributed by atoms with Crippen molar-refractivity contribution in [1.29, 1.82) is 0 Å². The Morgan fingerprint density at radius 2 is 2.12 bits per heavy atom. The molecule has 1 fully saturated rings. The van der Waals surface area contributed by atoms with E-state index < -0.39 is 5.91 Å². The van der Waals surface area contributed by atoms with Crippen LogP contribution in [0, 0.1) is 11.8 Å². The first-order valence-corrected chi connectivity index (χ1v) is 7.88. The van der Waals surface area contributed by atoms with Gasteiger partial charge in [0.25, 0.3) is 5.91 Å². The Kier molecular flexibility index (Phi) is 4.24. The fourth-order valence-electron chi connectivity index (χ4n) is 3.15. The van der Waals surface area contributed by atoms with Gasteiger partial charge >= 0.3 is 0 Å². The maximum absolute atomic E-state index is 12.6. The van der Waals surface area contributed by atoms with Crippen LogP contribution in [-0.4, -0.2) is 34.5 Å². The molecule has 2 aromatic rings. The summed E-state index contributed by atoms with van der Waals surface area (Å²) in [5.41, 5.74) is 6.24. The molecule has 3 rings (SSSR count). The van der Waals surface area contributed by atoms with Crippen LogP contribution in [0.25, 0.3) is 0 Å². The van der Waals surface area contributed by atoms with Crippen LogP contribution in [0.3, 0.4) is 0 Å². The Labute approximate surface area is 140 Å². The number of hydrogen-bond donors (Lipinski definition) is 2. The van der Waals surface area contributed by atoms with Crippen LogP contribution in [-0.2, 0) is 11.8 Å². The van der Waals surface area contributed by atoms with Gasteiger partial charge < -0.3 is 20.5 Å². The number of amides is 2. The van der Waals surface area contributed by atoms with Gasteiger partial charge in [-0.25, -0.2) is 4.98 Å². The zero-order chi connectivity index (χ0) is 17.3. The Morgan fingerprint density at radius 3 is 2.75 bits per heavy atom. The molecule has 24 heavy (non-hydrogen) atoms. The van der Waals surface area contributed by atoms with Gasteiger partial charge in [0, 0.05) is 32.5 Å². The molecule has 1 saturated heterocycles. The van der Waals surface area contributed by atoms with Crippen LogP contribution in [0.2, 0.25) is 0 Å². The van der Waals surface area contributed by atoms with Crippen molar-refractivity contribution in [1.82, 2.24) is 9.55 Å². The van der Waals surface area contributed by atoms with Crippen molar-refractivity contribution in [2.45, 2.75) is 6.92 Å². The van der Waals surface area contributed by atoms with E-state index in [4.69, 9.17) is 5.73 Å². The monoisotopic (exact) mass is 327 g/mol. The molecule has 0 saturated carbocycles. The highest BCUT2D eigenvalue weighted by atomic mass is 16.2. The predicted octanol–water partition coefficient (Wildman–Crippen LogP) is 1.23. The van der Waals surface area contributed by atoms with E-state index in [0.717, 1.165) is 12.4 Å². The van der Waals surface area contributed by atoms with Crippen LogP contribution in [0.15, 0.2) is 36.7 Å². The highest BCUT2D eigenvalue weighted by Gasteiger charge is 2.35. The molecule has 0 aromatic carbocycles. The number of nitrogens with one attached hydrogen (secondary N) is 1. The first kappa shape index (κ1) is 16.0. The summed E-state index contributed by atoms with van der Waals surface area (Å²) in [7, 11) is 1.72. The summed E-state index contributed by atoms with van der Waals surface area (Å²) >= 11 is 0. The van der Waals surface area contributed by atoms with Crippen LogP contribution in [0.1, 0.15) is 17.4 Å². The highest BCUT2D eigenvalue weighted by molar-refractivity contribution is 5.97. The summed E-state index contributed by atoms with van der Waals surface area (Å²) in [6.07, 6.45) is 3.44. The van der Waals surface area contributed by atoms with E-state index in [1.165, 1.54) is 0 Å². The SMILES string of the molecule is C[C@@H]1CN(c2ccccn2)C[C@H]1C(=O)Nc1cc(C(N)=O)n(C)c1. The average Bonchev–Trinajstić information content (AvgIpc) is 3.11. The lowest BCUT2D eigenvalue weighted by Crippen LogP contribution is -2.28. The molecule has 2 aromatic heterocycles. The van der Waals surface area contributed by atoms with Gasteiger partial charge in [-0.2, -0.15) is 0 Å². The molecule has 0 radical (unpaired) electrons. The second-order valence-electron chi connectivity index (χ2n) is 6.26.